The van der Waals surface area contributed by atoms with Crippen molar-refractivity contribution < 1.29 is 9.53 Å². The predicted octanol–water partition coefficient (Wildman–Crippen LogP) is 2.47. The van der Waals surface area contributed by atoms with Crippen molar-refractivity contribution in [2.24, 2.45) is 5.92 Å². The number of piperidine rings is 1. The number of hydrogen-bond donors (Lipinski definition) is 0. The van der Waals surface area contributed by atoms with E-state index in [0.717, 1.165) is 36.4 Å². The Balaban J connectivity index is 1.95. The van der Waals surface area contributed by atoms with E-state index in [1.807, 2.05) is 24.3 Å². The van der Waals surface area contributed by atoms with Gasteiger partial charge in [-0.1, -0.05) is 18.2 Å². The number of ether oxygens (including phenoxy) is 1. The molecule has 4 rings (SSSR count). The van der Waals surface area contributed by atoms with Crippen LogP contribution in [0.1, 0.15) is 24.8 Å². The van der Waals surface area contributed by atoms with Crippen LogP contribution in [-0.2, 0) is 4.79 Å². The van der Waals surface area contributed by atoms with E-state index in [2.05, 4.69) is 4.90 Å². The van der Waals surface area contributed by atoms with E-state index in [0.29, 0.717) is 24.7 Å². The molecular weight excluding hydrogens is 238 g/mol. The number of hydrogen-bond acceptors (Lipinski definition) is 3. The average molecular weight is 255 g/mol. The third-order valence-corrected chi connectivity index (χ3v) is 4.45. The van der Waals surface area contributed by atoms with Crippen molar-refractivity contribution in [2.45, 2.75) is 19.3 Å². The molecule has 0 N–H and O–H groups in total. The number of Topliss-reactive ketones (excluding diaryl/α,β-unsaturated/α-hetero) is 1. The van der Waals surface area contributed by atoms with Crippen molar-refractivity contribution >= 4 is 11.4 Å². The molecule has 19 heavy (non-hydrogen) atoms. The van der Waals surface area contributed by atoms with Crippen LogP contribution in [0, 0.1) is 5.92 Å². The second kappa shape index (κ2) is 4.12. The lowest BCUT2D eigenvalue weighted by molar-refractivity contribution is -0.113. The first-order valence-corrected chi connectivity index (χ1v) is 7.09. The fourth-order valence-electron chi connectivity index (χ4n) is 3.66. The first kappa shape index (κ1) is 11.1. The molecule has 0 aromatic heterocycles. The van der Waals surface area contributed by atoms with Crippen LogP contribution in [0.15, 0.2) is 30.0 Å². The number of ketones is 1. The molecule has 98 valence electrons. The van der Waals surface area contributed by atoms with Gasteiger partial charge in [-0.15, -0.1) is 0 Å². The van der Waals surface area contributed by atoms with Crippen molar-refractivity contribution in [3.63, 3.8) is 0 Å². The molecule has 0 amide bonds. The summed E-state index contributed by atoms with van der Waals surface area (Å²) in [7, 11) is 0. The molecule has 1 fully saturated rings. The summed E-state index contributed by atoms with van der Waals surface area (Å²) in [6.45, 7) is 2.67. The van der Waals surface area contributed by atoms with Gasteiger partial charge in [0.2, 0.25) is 0 Å². The second-order valence-corrected chi connectivity index (χ2v) is 5.56. The molecule has 1 aromatic rings. The van der Waals surface area contributed by atoms with Gasteiger partial charge in [-0.05, 0) is 18.9 Å². The van der Waals surface area contributed by atoms with Crippen LogP contribution < -0.4 is 4.74 Å². The standard InChI is InChI=1S/C16H17NO2/c18-13-10-11-4-3-7-17-8-9-19-14-6-2-1-5-12(14)15(13)16(11)17/h1-2,5-6,11H,3-4,7-10H2. The summed E-state index contributed by atoms with van der Waals surface area (Å²) >= 11 is 0. The van der Waals surface area contributed by atoms with E-state index in [4.69, 9.17) is 4.74 Å². The monoisotopic (exact) mass is 255 g/mol. The molecule has 1 atom stereocenters. The quantitative estimate of drug-likeness (QED) is 0.713. The zero-order valence-electron chi connectivity index (χ0n) is 10.9. The molecule has 1 saturated heterocycles. The minimum absolute atomic E-state index is 0.296. The van der Waals surface area contributed by atoms with Crippen LogP contribution in [0.5, 0.6) is 5.75 Å². The highest BCUT2D eigenvalue weighted by Gasteiger charge is 2.39. The molecule has 3 heteroatoms. The Morgan fingerprint density at radius 1 is 1.21 bits per heavy atom. The highest BCUT2D eigenvalue weighted by molar-refractivity contribution is 6.24. The predicted molar refractivity (Wildman–Crippen MR) is 72.8 cm³/mol. The Hall–Kier alpha value is -1.77. The van der Waals surface area contributed by atoms with Crippen molar-refractivity contribution in [3.05, 3.63) is 35.5 Å². The summed E-state index contributed by atoms with van der Waals surface area (Å²) in [6, 6.07) is 7.96. The Morgan fingerprint density at radius 2 is 2.11 bits per heavy atom. The molecular formula is C16H17NO2. The molecule has 2 heterocycles. The van der Waals surface area contributed by atoms with Gasteiger partial charge < -0.3 is 9.64 Å². The van der Waals surface area contributed by atoms with Gasteiger partial charge in [0, 0.05) is 35.7 Å². The van der Waals surface area contributed by atoms with Gasteiger partial charge in [0.05, 0.1) is 6.54 Å². The maximum atomic E-state index is 12.4. The number of fused-ring (bicyclic) bond motifs is 2. The molecule has 0 radical (unpaired) electrons. The molecule has 2 aliphatic heterocycles. The molecule has 0 spiro atoms. The van der Waals surface area contributed by atoms with Gasteiger partial charge in [-0.3, -0.25) is 4.79 Å². The molecule has 0 saturated carbocycles. The van der Waals surface area contributed by atoms with Gasteiger partial charge in [-0.25, -0.2) is 0 Å². The van der Waals surface area contributed by atoms with E-state index in [-0.39, 0.29) is 0 Å². The molecule has 3 nitrogen and oxygen atoms in total. The van der Waals surface area contributed by atoms with Gasteiger partial charge in [0.25, 0.3) is 0 Å². The summed E-state index contributed by atoms with van der Waals surface area (Å²) in [5, 5.41) is 0. The number of allylic oxidation sites excluding steroid dienone is 2. The van der Waals surface area contributed by atoms with Crippen molar-refractivity contribution in [3.8, 4) is 5.75 Å². The lowest BCUT2D eigenvalue weighted by Gasteiger charge is -2.36. The number of para-hydroxylation sites is 1. The van der Waals surface area contributed by atoms with E-state index in [1.165, 1.54) is 12.1 Å². The average Bonchev–Trinajstić information content (AvgIpc) is 2.73. The van der Waals surface area contributed by atoms with E-state index in [9.17, 15) is 4.79 Å². The Bertz CT molecular complexity index is 576. The zero-order chi connectivity index (χ0) is 12.8. The maximum Gasteiger partial charge on any atom is 0.166 e. The summed E-state index contributed by atoms with van der Waals surface area (Å²) in [5.41, 5.74) is 3.23. The number of carbonyl (C=O) groups excluding carboxylic acids is 1. The summed E-state index contributed by atoms with van der Waals surface area (Å²) in [4.78, 5) is 14.8. The lowest BCUT2D eigenvalue weighted by Crippen LogP contribution is -2.36. The summed E-state index contributed by atoms with van der Waals surface area (Å²) in [6.07, 6.45) is 3.04. The normalized spacial score (nSPS) is 25.4. The zero-order valence-corrected chi connectivity index (χ0v) is 10.9. The van der Waals surface area contributed by atoms with Crippen LogP contribution in [0.3, 0.4) is 0 Å². The van der Waals surface area contributed by atoms with Crippen LogP contribution in [0.2, 0.25) is 0 Å². The van der Waals surface area contributed by atoms with E-state index < -0.39 is 0 Å². The lowest BCUT2D eigenvalue weighted by atomic mass is 9.93. The van der Waals surface area contributed by atoms with E-state index in [1.54, 1.807) is 0 Å². The van der Waals surface area contributed by atoms with Gasteiger partial charge in [0.15, 0.2) is 5.78 Å². The third kappa shape index (κ3) is 1.61. The SMILES string of the molecule is O=C1CC2CCCN3CCOc4ccccc4C1=C23. The van der Waals surface area contributed by atoms with E-state index >= 15 is 0 Å². The number of nitrogens with zero attached hydrogens (tertiary/aromatic N) is 1. The Morgan fingerprint density at radius 3 is 3.05 bits per heavy atom. The highest BCUT2D eigenvalue weighted by atomic mass is 16.5. The fraction of sp³-hybridized carbons (Fsp3) is 0.438. The van der Waals surface area contributed by atoms with Crippen molar-refractivity contribution in [2.75, 3.05) is 19.7 Å². The fourth-order valence-corrected chi connectivity index (χ4v) is 3.66. The smallest absolute Gasteiger partial charge is 0.166 e. The maximum absolute atomic E-state index is 12.4. The molecule has 1 unspecified atom stereocenters. The van der Waals surface area contributed by atoms with Gasteiger partial charge >= 0.3 is 0 Å². The van der Waals surface area contributed by atoms with Crippen LogP contribution in [-0.4, -0.2) is 30.4 Å². The number of rotatable bonds is 0. The van der Waals surface area contributed by atoms with Crippen molar-refractivity contribution in [1.29, 1.82) is 0 Å². The first-order chi connectivity index (χ1) is 9.34. The van der Waals surface area contributed by atoms with Crippen LogP contribution in [0.25, 0.3) is 5.57 Å². The van der Waals surface area contributed by atoms with Gasteiger partial charge in [-0.2, -0.15) is 0 Å². The van der Waals surface area contributed by atoms with Crippen molar-refractivity contribution in [1.82, 2.24) is 4.90 Å². The Kier molecular flexibility index (Phi) is 2.40. The van der Waals surface area contributed by atoms with Crippen LogP contribution in [0.4, 0.5) is 0 Å². The van der Waals surface area contributed by atoms with Crippen LogP contribution >= 0.6 is 0 Å². The number of benzene rings is 1. The molecule has 1 aromatic carbocycles. The summed E-state index contributed by atoms with van der Waals surface area (Å²) < 4.78 is 5.85. The molecule has 3 aliphatic rings. The molecule has 1 aliphatic carbocycles. The minimum atomic E-state index is 0.296. The van der Waals surface area contributed by atoms with Gasteiger partial charge in [0.1, 0.15) is 12.4 Å². The third-order valence-electron chi connectivity index (χ3n) is 4.45. The largest absolute Gasteiger partial charge is 0.491 e. The number of carbonyl (C=O) groups is 1. The summed E-state index contributed by atoms with van der Waals surface area (Å²) in [5.74, 6) is 1.61. The highest BCUT2D eigenvalue weighted by Crippen LogP contribution is 2.45. The molecule has 0 bridgehead atoms. The first-order valence-electron chi connectivity index (χ1n) is 7.09. The topological polar surface area (TPSA) is 29.5 Å². The minimum Gasteiger partial charge on any atom is -0.491 e. The Labute approximate surface area is 112 Å². The second-order valence-electron chi connectivity index (χ2n) is 5.56.